The molecule has 1 aromatic heterocycles. The average Bonchev–Trinajstić information content (AvgIpc) is 3.52. The number of rotatable bonds is 6. The maximum Gasteiger partial charge on any atom is 0.241 e. The second-order valence-electron chi connectivity index (χ2n) is 8.26. The third-order valence-electron chi connectivity index (χ3n) is 6.32. The lowest BCUT2D eigenvalue weighted by Gasteiger charge is -2.36. The summed E-state index contributed by atoms with van der Waals surface area (Å²) in [5.74, 6) is 2.23. The van der Waals surface area contributed by atoms with Crippen LogP contribution in [0.3, 0.4) is 0 Å². The molecule has 0 N–H and O–H groups in total. The van der Waals surface area contributed by atoms with E-state index in [4.69, 9.17) is 9.26 Å². The minimum absolute atomic E-state index is 0.276. The summed E-state index contributed by atoms with van der Waals surface area (Å²) in [6.45, 7) is 3.66. The van der Waals surface area contributed by atoms with Gasteiger partial charge in [-0.05, 0) is 42.7 Å². The molecule has 1 aliphatic heterocycles. The smallest absolute Gasteiger partial charge is 0.241 e. The van der Waals surface area contributed by atoms with Crippen LogP contribution in [-0.4, -0.2) is 59.1 Å². The molecule has 0 bridgehead atoms. The van der Waals surface area contributed by atoms with Gasteiger partial charge in [-0.1, -0.05) is 35.5 Å². The molecule has 31 heavy (non-hydrogen) atoms. The van der Waals surface area contributed by atoms with Gasteiger partial charge in [0.2, 0.25) is 17.6 Å². The van der Waals surface area contributed by atoms with Crippen molar-refractivity contribution < 1.29 is 14.1 Å². The Morgan fingerprint density at radius 3 is 2.39 bits per heavy atom. The number of hydrogen-bond donors (Lipinski definition) is 0. The first kappa shape index (κ1) is 19.8. The van der Waals surface area contributed by atoms with Crippen molar-refractivity contribution in [3.63, 3.8) is 0 Å². The van der Waals surface area contributed by atoms with Gasteiger partial charge in [0, 0.05) is 31.7 Å². The molecule has 2 aliphatic rings. The maximum atomic E-state index is 13.2. The lowest BCUT2D eigenvalue weighted by atomic mass is 9.94. The lowest BCUT2D eigenvalue weighted by molar-refractivity contribution is -0.135. The molecule has 0 radical (unpaired) electrons. The number of amides is 1. The van der Waals surface area contributed by atoms with E-state index in [0.717, 1.165) is 55.9 Å². The van der Waals surface area contributed by atoms with E-state index < -0.39 is 0 Å². The molecule has 160 valence electrons. The molecule has 1 amide bonds. The quantitative estimate of drug-likeness (QED) is 0.613. The normalized spacial score (nSPS) is 18.0. The zero-order chi connectivity index (χ0) is 21.3. The number of ether oxygens (including phenoxy) is 1. The molecule has 1 saturated carbocycles. The van der Waals surface area contributed by atoms with Crippen molar-refractivity contribution in [2.24, 2.45) is 0 Å². The SMILES string of the molecule is COc1ccc(-c2noc(CN3CCN(C(=O)C4(c5ccccc5)CC4)CC3)n2)cc1. The van der Waals surface area contributed by atoms with Crippen molar-refractivity contribution in [2.45, 2.75) is 24.8 Å². The minimum Gasteiger partial charge on any atom is -0.497 e. The summed E-state index contributed by atoms with van der Waals surface area (Å²) in [4.78, 5) is 22.0. The standard InChI is InChI=1S/C24H26N4O3/c1-30-20-9-7-18(8-10-20)22-25-21(31-26-22)17-27-13-15-28(16-14-27)23(29)24(11-12-24)19-5-3-2-4-6-19/h2-10H,11-17H2,1H3. The van der Waals surface area contributed by atoms with Gasteiger partial charge in [0.1, 0.15) is 5.75 Å². The Morgan fingerprint density at radius 2 is 1.74 bits per heavy atom. The molecule has 7 heteroatoms. The van der Waals surface area contributed by atoms with Gasteiger partial charge in [0.05, 0.1) is 19.1 Å². The molecule has 0 atom stereocenters. The fourth-order valence-electron chi connectivity index (χ4n) is 4.29. The number of aromatic nitrogens is 2. The van der Waals surface area contributed by atoms with Crippen molar-refractivity contribution in [2.75, 3.05) is 33.3 Å². The summed E-state index contributed by atoms with van der Waals surface area (Å²) in [6, 6.07) is 17.8. The first-order valence-electron chi connectivity index (χ1n) is 10.7. The number of hydrogen-bond acceptors (Lipinski definition) is 6. The summed E-state index contributed by atoms with van der Waals surface area (Å²) in [5, 5.41) is 4.11. The van der Waals surface area contributed by atoms with E-state index in [1.165, 1.54) is 0 Å². The molecule has 0 spiro atoms. The van der Waals surface area contributed by atoms with Gasteiger partial charge in [-0.25, -0.2) is 0 Å². The number of nitrogens with zero attached hydrogens (tertiary/aromatic N) is 4. The monoisotopic (exact) mass is 418 g/mol. The van der Waals surface area contributed by atoms with Gasteiger partial charge >= 0.3 is 0 Å². The number of benzene rings is 2. The van der Waals surface area contributed by atoms with Gasteiger partial charge in [-0.15, -0.1) is 0 Å². The van der Waals surface area contributed by atoms with Crippen LogP contribution in [0.4, 0.5) is 0 Å². The molecule has 2 aromatic carbocycles. The van der Waals surface area contributed by atoms with Crippen LogP contribution >= 0.6 is 0 Å². The van der Waals surface area contributed by atoms with Crippen LogP contribution < -0.4 is 4.74 Å². The van der Waals surface area contributed by atoms with Gasteiger partial charge in [-0.3, -0.25) is 9.69 Å². The van der Waals surface area contributed by atoms with Gasteiger partial charge < -0.3 is 14.2 Å². The zero-order valence-electron chi connectivity index (χ0n) is 17.7. The Hall–Kier alpha value is -3.19. The molecular weight excluding hydrogens is 392 g/mol. The van der Waals surface area contributed by atoms with E-state index in [9.17, 15) is 4.79 Å². The second-order valence-corrected chi connectivity index (χ2v) is 8.26. The Balaban J connectivity index is 1.17. The average molecular weight is 418 g/mol. The van der Waals surface area contributed by atoms with Gasteiger partial charge in [0.15, 0.2) is 0 Å². The van der Waals surface area contributed by atoms with Crippen LogP contribution in [0.15, 0.2) is 59.1 Å². The van der Waals surface area contributed by atoms with Crippen LogP contribution in [-0.2, 0) is 16.8 Å². The van der Waals surface area contributed by atoms with E-state index in [-0.39, 0.29) is 11.3 Å². The Labute approximate surface area is 181 Å². The predicted molar refractivity (Wildman–Crippen MR) is 115 cm³/mol. The van der Waals surface area contributed by atoms with Gasteiger partial charge in [-0.2, -0.15) is 4.98 Å². The summed E-state index contributed by atoms with van der Waals surface area (Å²) >= 11 is 0. The van der Waals surface area contributed by atoms with Crippen molar-refractivity contribution >= 4 is 5.91 Å². The zero-order valence-corrected chi connectivity index (χ0v) is 17.7. The fourth-order valence-corrected chi connectivity index (χ4v) is 4.29. The van der Waals surface area contributed by atoms with Crippen LogP contribution in [0.2, 0.25) is 0 Å². The van der Waals surface area contributed by atoms with Crippen LogP contribution in [0.5, 0.6) is 5.75 Å². The van der Waals surface area contributed by atoms with E-state index in [0.29, 0.717) is 18.3 Å². The fraction of sp³-hybridized carbons (Fsp3) is 0.375. The minimum atomic E-state index is -0.289. The van der Waals surface area contributed by atoms with Crippen LogP contribution in [0.1, 0.15) is 24.3 Å². The highest BCUT2D eigenvalue weighted by molar-refractivity contribution is 5.91. The third kappa shape index (κ3) is 3.93. The molecule has 0 unspecified atom stereocenters. The maximum absolute atomic E-state index is 13.2. The number of carbonyl (C=O) groups excluding carboxylic acids is 1. The molecule has 1 saturated heterocycles. The van der Waals surface area contributed by atoms with Crippen molar-refractivity contribution in [1.82, 2.24) is 19.9 Å². The first-order valence-corrected chi connectivity index (χ1v) is 10.7. The highest BCUT2D eigenvalue weighted by atomic mass is 16.5. The number of methoxy groups -OCH3 is 1. The molecule has 3 aromatic rings. The van der Waals surface area contributed by atoms with Crippen LogP contribution in [0.25, 0.3) is 11.4 Å². The molecular formula is C24H26N4O3. The molecule has 5 rings (SSSR count). The summed E-state index contributed by atoms with van der Waals surface area (Å²) < 4.78 is 10.6. The van der Waals surface area contributed by atoms with Crippen molar-refractivity contribution in [3.05, 3.63) is 66.1 Å². The number of piperazine rings is 1. The predicted octanol–water partition coefficient (Wildman–Crippen LogP) is 3.12. The van der Waals surface area contributed by atoms with E-state index in [1.54, 1.807) is 7.11 Å². The Morgan fingerprint density at radius 1 is 1.03 bits per heavy atom. The highest BCUT2D eigenvalue weighted by Gasteiger charge is 2.53. The second kappa shape index (κ2) is 8.15. The van der Waals surface area contributed by atoms with E-state index in [1.807, 2.05) is 47.4 Å². The number of carbonyl (C=O) groups is 1. The summed E-state index contributed by atoms with van der Waals surface area (Å²) in [7, 11) is 1.64. The van der Waals surface area contributed by atoms with E-state index in [2.05, 4.69) is 27.2 Å². The third-order valence-corrected chi connectivity index (χ3v) is 6.32. The first-order chi connectivity index (χ1) is 15.2. The highest BCUT2D eigenvalue weighted by Crippen LogP contribution is 2.49. The lowest BCUT2D eigenvalue weighted by Crippen LogP contribution is -2.51. The summed E-state index contributed by atoms with van der Waals surface area (Å²) in [6.07, 6.45) is 1.90. The Bertz CT molecular complexity index is 1040. The largest absolute Gasteiger partial charge is 0.497 e. The van der Waals surface area contributed by atoms with Crippen molar-refractivity contribution in [3.8, 4) is 17.1 Å². The molecule has 1 aliphatic carbocycles. The van der Waals surface area contributed by atoms with E-state index >= 15 is 0 Å². The van der Waals surface area contributed by atoms with Crippen LogP contribution in [0, 0.1) is 0 Å². The topological polar surface area (TPSA) is 71.7 Å². The molecule has 2 heterocycles. The summed E-state index contributed by atoms with van der Waals surface area (Å²) in [5.41, 5.74) is 1.75. The Kier molecular flexibility index (Phi) is 5.19. The molecule has 7 nitrogen and oxygen atoms in total. The van der Waals surface area contributed by atoms with Gasteiger partial charge in [0.25, 0.3) is 0 Å². The van der Waals surface area contributed by atoms with Crippen molar-refractivity contribution in [1.29, 1.82) is 0 Å². The molecule has 2 fully saturated rings.